The average molecular weight is 420 g/mol. The number of sulfone groups is 1. The van der Waals surface area contributed by atoms with Gasteiger partial charge in [0.2, 0.25) is 17.7 Å². The minimum absolute atomic E-state index is 0.0488. The van der Waals surface area contributed by atoms with Crippen molar-refractivity contribution in [2.24, 2.45) is 11.8 Å². The first kappa shape index (κ1) is 19.9. The Labute approximate surface area is 170 Å². The van der Waals surface area contributed by atoms with Crippen LogP contribution in [0.2, 0.25) is 0 Å². The van der Waals surface area contributed by atoms with Gasteiger partial charge in [0, 0.05) is 44.8 Å². The highest BCUT2D eigenvalue weighted by Gasteiger charge is 2.40. The SMILES string of the molecule is O=C([C@H]1CC(=O)N(c2ccccc2)C1)N1CCN(C(=O)[C@H]2CCS(=O)(=O)C2)CC1. The quantitative estimate of drug-likeness (QED) is 0.695. The van der Waals surface area contributed by atoms with Gasteiger partial charge >= 0.3 is 0 Å². The van der Waals surface area contributed by atoms with Crippen LogP contribution >= 0.6 is 0 Å². The van der Waals surface area contributed by atoms with E-state index in [1.54, 1.807) is 14.7 Å². The first-order valence-corrected chi connectivity index (χ1v) is 11.8. The van der Waals surface area contributed by atoms with Crippen LogP contribution in [-0.4, -0.2) is 80.2 Å². The van der Waals surface area contributed by atoms with Crippen LogP contribution in [0.15, 0.2) is 30.3 Å². The molecule has 2 atom stereocenters. The van der Waals surface area contributed by atoms with Gasteiger partial charge in [-0.1, -0.05) is 18.2 Å². The van der Waals surface area contributed by atoms with Crippen molar-refractivity contribution in [1.82, 2.24) is 9.80 Å². The second kappa shape index (κ2) is 7.78. The van der Waals surface area contributed by atoms with E-state index in [4.69, 9.17) is 0 Å². The fraction of sp³-hybridized carbons (Fsp3) is 0.550. The second-order valence-electron chi connectivity index (χ2n) is 7.99. The Bertz CT molecular complexity index is 909. The minimum Gasteiger partial charge on any atom is -0.339 e. The van der Waals surface area contributed by atoms with Crippen LogP contribution in [0, 0.1) is 11.8 Å². The minimum atomic E-state index is -3.10. The number of anilines is 1. The zero-order valence-corrected chi connectivity index (χ0v) is 17.0. The standard InChI is InChI=1S/C20H25N3O5S/c24-18-12-16(13-23(18)17-4-2-1-3-5-17)20(26)22-9-7-21(8-10-22)19(25)15-6-11-29(27,28)14-15/h1-5,15-16H,6-14H2/t15-,16-/m0/s1. The fourth-order valence-electron chi connectivity index (χ4n) is 4.38. The van der Waals surface area contributed by atoms with E-state index in [-0.39, 0.29) is 41.6 Å². The summed E-state index contributed by atoms with van der Waals surface area (Å²) in [6.07, 6.45) is 0.590. The highest BCUT2D eigenvalue weighted by molar-refractivity contribution is 7.91. The highest BCUT2D eigenvalue weighted by atomic mass is 32.2. The van der Waals surface area contributed by atoms with Crippen molar-refractivity contribution < 1.29 is 22.8 Å². The third-order valence-electron chi connectivity index (χ3n) is 6.03. The molecule has 9 heteroatoms. The van der Waals surface area contributed by atoms with Crippen LogP contribution in [0.3, 0.4) is 0 Å². The Hall–Kier alpha value is -2.42. The van der Waals surface area contributed by atoms with Crippen molar-refractivity contribution in [1.29, 1.82) is 0 Å². The van der Waals surface area contributed by atoms with Crippen LogP contribution in [0.1, 0.15) is 12.8 Å². The molecule has 0 unspecified atom stereocenters. The summed E-state index contributed by atoms with van der Waals surface area (Å²) in [6.45, 7) is 2.02. The molecule has 0 N–H and O–H groups in total. The predicted octanol–water partition coefficient (Wildman–Crippen LogP) is 0.145. The van der Waals surface area contributed by atoms with Crippen LogP contribution in [0.4, 0.5) is 5.69 Å². The summed E-state index contributed by atoms with van der Waals surface area (Å²) in [4.78, 5) is 42.9. The number of benzene rings is 1. The lowest BCUT2D eigenvalue weighted by molar-refractivity contribution is -0.143. The topological polar surface area (TPSA) is 95.1 Å². The summed E-state index contributed by atoms with van der Waals surface area (Å²) in [5.74, 6) is -1.03. The number of hydrogen-bond donors (Lipinski definition) is 0. The Morgan fingerprint density at radius 3 is 2.03 bits per heavy atom. The van der Waals surface area contributed by atoms with E-state index in [0.29, 0.717) is 39.1 Å². The number of carbonyl (C=O) groups is 3. The Kier molecular flexibility index (Phi) is 5.33. The van der Waals surface area contributed by atoms with Gasteiger partial charge in [0.25, 0.3) is 0 Å². The van der Waals surface area contributed by atoms with Gasteiger partial charge in [-0.05, 0) is 18.6 Å². The Balaban J connectivity index is 1.31. The molecule has 3 saturated heterocycles. The summed E-state index contributed by atoms with van der Waals surface area (Å²) in [6, 6.07) is 9.33. The van der Waals surface area contributed by atoms with Crippen LogP contribution in [-0.2, 0) is 24.2 Å². The molecule has 0 spiro atoms. The summed E-state index contributed by atoms with van der Waals surface area (Å²) in [5, 5.41) is 0. The smallest absolute Gasteiger partial charge is 0.228 e. The predicted molar refractivity (Wildman–Crippen MR) is 107 cm³/mol. The maximum absolute atomic E-state index is 12.9. The third kappa shape index (κ3) is 4.14. The molecule has 3 heterocycles. The van der Waals surface area contributed by atoms with E-state index >= 15 is 0 Å². The number of amides is 3. The van der Waals surface area contributed by atoms with Gasteiger partial charge in [0.05, 0.1) is 23.3 Å². The van der Waals surface area contributed by atoms with Gasteiger partial charge in [-0.25, -0.2) is 8.42 Å². The first-order chi connectivity index (χ1) is 13.8. The molecule has 3 aliphatic rings. The number of carbonyl (C=O) groups excluding carboxylic acids is 3. The van der Waals surface area contributed by atoms with E-state index in [9.17, 15) is 22.8 Å². The van der Waals surface area contributed by atoms with Crippen molar-refractivity contribution in [2.45, 2.75) is 12.8 Å². The zero-order valence-electron chi connectivity index (χ0n) is 16.2. The summed E-state index contributed by atoms with van der Waals surface area (Å²) in [5.41, 5.74) is 0.801. The van der Waals surface area contributed by atoms with Crippen LogP contribution < -0.4 is 4.90 Å². The molecule has 3 aliphatic heterocycles. The van der Waals surface area contributed by atoms with Crippen molar-refractivity contribution in [3.63, 3.8) is 0 Å². The van der Waals surface area contributed by atoms with Gasteiger partial charge < -0.3 is 14.7 Å². The number of para-hydroxylation sites is 1. The number of piperazine rings is 1. The van der Waals surface area contributed by atoms with E-state index in [0.717, 1.165) is 5.69 Å². The molecule has 1 aromatic rings. The lowest BCUT2D eigenvalue weighted by atomic mass is 10.1. The zero-order chi connectivity index (χ0) is 20.6. The first-order valence-electron chi connectivity index (χ1n) is 9.97. The van der Waals surface area contributed by atoms with Gasteiger partial charge in [0.15, 0.2) is 9.84 Å². The van der Waals surface area contributed by atoms with Gasteiger partial charge in [-0.15, -0.1) is 0 Å². The third-order valence-corrected chi connectivity index (χ3v) is 7.79. The largest absolute Gasteiger partial charge is 0.339 e. The van der Waals surface area contributed by atoms with Crippen molar-refractivity contribution in [3.05, 3.63) is 30.3 Å². The van der Waals surface area contributed by atoms with E-state index in [1.807, 2.05) is 30.3 Å². The fourth-order valence-corrected chi connectivity index (χ4v) is 6.12. The molecule has 1 aromatic carbocycles. The van der Waals surface area contributed by atoms with E-state index < -0.39 is 15.8 Å². The molecule has 0 aliphatic carbocycles. The lowest BCUT2D eigenvalue weighted by Gasteiger charge is -2.36. The highest BCUT2D eigenvalue weighted by Crippen LogP contribution is 2.27. The van der Waals surface area contributed by atoms with E-state index in [2.05, 4.69) is 0 Å². The summed E-state index contributed by atoms with van der Waals surface area (Å²) < 4.78 is 23.2. The molecule has 29 heavy (non-hydrogen) atoms. The molecule has 156 valence electrons. The normalized spacial score (nSPS) is 26.8. The molecule has 3 fully saturated rings. The van der Waals surface area contributed by atoms with Crippen LogP contribution in [0.25, 0.3) is 0 Å². The van der Waals surface area contributed by atoms with Gasteiger partial charge in [0.1, 0.15) is 0 Å². The molecule has 3 amide bonds. The van der Waals surface area contributed by atoms with Crippen molar-refractivity contribution in [3.8, 4) is 0 Å². The monoisotopic (exact) mass is 419 g/mol. The van der Waals surface area contributed by atoms with Crippen molar-refractivity contribution in [2.75, 3.05) is 49.1 Å². The molecule has 0 bridgehead atoms. The second-order valence-corrected chi connectivity index (χ2v) is 10.2. The van der Waals surface area contributed by atoms with E-state index in [1.165, 1.54) is 0 Å². The maximum Gasteiger partial charge on any atom is 0.228 e. The molecular formula is C20H25N3O5S. The van der Waals surface area contributed by atoms with Crippen LogP contribution in [0.5, 0.6) is 0 Å². The van der Waals surface area contributed by atoms with Crippen molar-refractivity contribution >= 4 is 33.2 Å². The lowest BCUT2D eigenvalue weighted by Crippen LogP contribution is -2.53. The molecule has 0 radical (unpaired) electrons. The van der Waals surface area contributed by atoms with Gasteiger partial charge in [-0.2, -0.15) is 0 Å². The summed E-state index contributed by atoms with van der Waals surface area (Å²) >= 11 is 0. The Morgan fingerprint density at radius 1 is 0.897 bits per heavy atom. The number of rotatable bonds is 3. The maximum atomic E-state index is 12.9. The molecule has 4 rings (SSSR count). The molecule has 8 nitrogen and oxygen atoms in total. The molecular weight excluding hydrogens is 394 g/mol. The Morgan fingerprint density at radius 2 is 1.48 bits per heavy atom. The number of nitrogens with zero attached hydrogens (tertiary/aromatic N) is 3. The van der Waals surface area contributed by atoms with Gasteiger partial charge in [-0.3, -0.25) is 14.4 Å². The molecule has 0 aromatic heterocycles. The molecule has 0 saturated carbocycles. The summed E-state index contributed by atoms with van der Waals surface area (Å²) in [7, 11) is -3.10. The average Bonchev–Trinajstić information content (AvgIpc) is 3.29. The number of hydrogen-bond acceptors (Lipinski definition) is 5.